The molecule has 2 heteroatoms. The Morgan fingerprint density at radius 3 is 2.76 bits per heavy atom. The Bertz CT molecular complexity index is 504. The summed E-state index contributed by atoms with van der Waals surface area (Å²) in [4.78, 5) is 2.72. The van der Waals surface area contributed by atoms with Crippen molar-refractivity contribution in [2.75, 3.05) is 19.6 Å². The number of hydrogen-bond acceptors (Lipinski definition) is 2. The van der Waals surface area contributed by atoms with E-state index in [0.29, 0.717) is 5.92 Å². The SMILES string of the molecule is CC1(C)CN(CC2CCCc3ccccc32)C(C)(C)CN1. The van der Waals surface area contributed by atoms with Gasteiger partial charge < -0.3 is 5.32 Å². The van der Waals surface area contributed by atoms with Gasteiger partial charge in [0, 0.05) is 30.7 Å². The molecule has 1 aromatic carbocycles. The molecule has 1 unspecified atom stereocenters. The Hall–Kier alpha value is -0.860. The molecule has 1 heterocycles. The van der Waals surface area contributed by atoms with Crippen LogP contribution in [0.1, 0.15) is 57.6 Å². The highest BCUT2D eigenvalue weighted by Crippen LogP contribution is 2.34. The van der Waals surface area contributed by atoms with E-state index in [2.05, 4.69) is 62.2 Å². The average molecular weight is 286 g/mol. The molecule has 1 N–H and O–H groups in total. The summed E-state index contributed by atoms with van der Waals surface area (Å²) < 4.78 is 0. The van der Waals surface area contributed by atoms with Crippen molar-refractivity contribution in [3.8, 4) is 0 Å². The summed E-state index contributed by atoms with van der Waals surface area (Å²) in [5, 5.41) is 3.69. The Morgan fingerprint density at radius 1 is 1.19 bits per heavy atom. The van der Waals surface area contributed by atoms with Gasteiger partial charge in [-0.05, 0) is 64.0 Å². The summed E-state index contributed by atoms with van der Waals surface area (Å²) in [7, 11) is 0. The molecule has 2 aliphatic rings. The van der Waals surface area contributed by atoms with E-state index in [1.165, 1.54) is 25.8 Å². The Balaban J connectivity index is 1.80. The summed E-state index contributed by atoms with van der Waals surface area (Å²) in [6, 6.07) is 9.09. The van der Waals surface area contributed by atoms with Crippen molar-refractivity contribution in [2.45, 2.75) is 64.0 Å². The van der Waals surface area contributed by atoms with E-state index in [1.54, 1.807) is 11.1 Å². The minimum Gasteiger partial charge on any atom is -0.309 e. The van der Waals surface area contributed by atoms with Crippen LogP contribution in [0, 0.1) is 0 Å². The van der Waals surface area contributed by atoms with Crippen LogP contribution >= 0.6 is 0 Å². The van der Waals surface area contributed by atoms with Crippen LogP contribution < -0.4 is 5.32 Å². The van der Waals surface area contributed by atoms with Gasteiger partial charge in [-0.1, -0.05) is 24.3 Å². The average Bonchev–Trinajstić information content (AvgIpc) is 2.44. The summed E-state index contributed by atoms with van der Waals surface area (Å²) >= 11 is 0. The maximum atomic E-state index is 3.69. The second-order valence-corrected chi connectivity index (χ2v) is 8.22. The first-order chi connectivity index (χ1) is 9.87. The predicted octanol–water partition coefficient (Wildman–Crippen LogP) is 3.57. The molecule has 0 saturated carbocycles. The van der Waals surface area contributed by atoms with E-state index in [4.69, 9.17) is 0 Å². The topological polar surface area (TPSA) is 15.3 Å². The molecule has 0 amide bonds. The van der Waals surface area contributed by atoms with Crippen molar-refractivity contribution in [2.24, 2.45) is 0 Å². The highest BCUT2D eigenvalue weighted by Gasteiger charge is 2.38. The van der Waals surface area contributed by atoms with Gasteiger partial charge in [0.25, 0.3) is 0 Å². The number of rotatable bonds is 2. The molecule has 3 rings (SSSR count). The van der Waals surface area contributed by atoms with Crippen LogP contribution in [0.3, 0.4) is 0 Å². The second kappa shape index (κ2) is 5.40. The van der Waals surface area contributed by atoms with E-state index in [1.807, 2.05) is 0 Å². The Labute approximate surface area is 129 Å². The summed E-state index contributed by atoms with van der Waals surface area (Å²) in [5.74, 6) is 0.711. The summed E-state index contributed by atoms with van der Waals surface area (Å²) in [6.07, 6.45) is 3.96. The fourth-order valence-electron chi connectivity index (χ4n) is 3.94. The number of hydrogen-bond donors (Lipinski definition) is 1. The lowest BCUT2D eigenvalue weighted by molar-refractivity contribution is 0.0326. The van der Waals surface area contributed by atoms with Crippen molar-refractivity contribution >= 4 is 0 Å². The van der Waals surface area contributed by atoms with Crippen LogP contribution in [0.25, 0.3) is 0 Å². The normalized spacial score (nSPS) is 28.1. The van der Waals surface area contributed by atoms with Gasteiger partial charge in [0.05, 0.1) is 0 Å². The van der Waals surface area contributed by atoms with Gasteiger partial charge >= 0.3 is 0 Å². The molecule has 1 atom stereocenters. The molecule has 0 radical (unpaired) electrons. The van der Waals surface area contributed by atoms with E-state index in [9.17, 15) is 0 Å². The Morgan fingerprint density at radius 2 is 1.95 bits per heavy atom. The minimum absolute atomic E-state index is 0.226. The van der Waals surface area contributed by atoms with Crippen molar-refractivity contribution in [1.82, 2.24) is 10.2 Å². The van der Waals surface area contributed by atoms with Crippen molar-refractivity contribution < 1.29 is 0 Å². The molecule has 116 valence electrons. The van der Waals surface area contributed by atoms with Crippen molar-refractivity contribution in [1.29, 1.82) is 0 Å². The van der Waals surface area contributed by atoms with Crippen LogP contribution in [-0.4, -0.2) is 35.6 Å². The first-order valence-electron chi connectivity index (χ1n) is 8.45. The van der Waals surface area contributed by atoms with E-state index in [-0.39, 0.29) is 11.1 Å². The lowest BCUT2D eigenvalue weighted by Crippen LogP contribution is -2.66. The van der Waals surface area contributed by atoms with Gasteiger partial charge in [0.1, 0.15) is 0 Å². The van der Waals surface area contributed by atoms with Gasteiger partial charge in [-0.3, -0.25) is 4.90 Å². The van der Waals surface area contributed by atoms with Crippen LogP contribution in [-0.2, 0) is 6.42 Å². The van der Waals surface area contributed by atoms with Crippen LogP contribution in [0.2, 0.25) is 0 Å². The number of piperazine rings is 1. The van der Waals surface area contributed by atoms with Gasteiger partial charge in [-0.15, -0.1) is 0 Å². The number of nitrogens with one attached hydrogen (secondary N) is 1. The van der Waals surface area contributed by atoms with Gasteiger partial charge in [-0.25, -0.2) is 0 Å². The number of fused-ring (bicyclic) bond motifs is 1. The molecule has 1 saturated heterocycles. The first-order valence-corrected chi connectivity index (χ1v) is 8.45. The zero-order valence-corrected chi connectivity index (χ0v) is 14.1. The molecule has 1 fully saturated rings. The minimum atomic E-state index is 0.226. The van der Waals surface area contributed by atoms with Crippen LogP contribution in [0.4, 0.5) is 0 Å². The standard InChI is InChI=1S/C19H30N2/c1-18(2)14-21(19(3,4)13-20-18)12-16-10-7-9-15-8-5-6-11-17(15)16/h5-6,8,11,16,20H,7,9-10,12-14H2,1-4H3. The first kappa shape index (κ1) is 15.1. The molecule has 1 aromatic rings. The maximum Gasteiger partial charge on any atom is 0.0278 e. The monoisotopic (exact) mass is 286 g/mol. The summed E-state index contributed by atoms with van der Waals surface area (Å²) in [6.45, 7) is 12.8. The highest BCUT2D eigenvalue weighted by atomic mass is 15.3. The molecule has 1 aliphatic heterocycles. The number of aryl methyl sites for hydroxylation is 1. The number of benzene rings is 1. The molecule has 21 heavy (non-hydrogen) atoms. The largest absolute Gasteiger partial charge is 0.309 e. The van der Waals surface area contributed by atoms with E-state index in [0.717, 1.165) is 13.1 Å². The fraction of sp³-hybridized carbons (Fsp3) is 0.684. The van der Waals surface area contributed by atoms with Gasteiger partial charge in [0.2, 0.25) is 0 Å². The van der Waals surface area contributed by atoms with Gasteiger partial charge in [0.15, 0.2) is 0 Å². The second-order valence-electron chi connectivity index (χ2n) is 8.22. The highest BCUT2D eigenvalue weighted by molar-refractivity contribution is 5.33. The quantitative estimate of drug-likeness (QED) is 0.894. The Kier molecular flexibility index (Phi) is 3.87. The fourth-order valence-corrected chi connectivity index (χ4v) is 3.94. The third-order valence-electron chi connectivity index (χ3n) is 5.38. The molecule has 0 bridgehead atoms. The maximum absolute atomic E-state index is 3.69. The molecule has 2 nitrogen and oxygen atoms in total. The van der Waals surface area contributed by atoms with Crippen LogP contribution in [0.15, 0.2) is 24.3 Å². The molecule has 0 aromatic heterocycles. The van der Waals surface area contributed by atoms with E-state index >= 15 is 0 Å². The predicted molar refractivity (Wildman–Crippen MR) is 89.9 cm³/mol. The molecule has 1 aliphatic carbocycles. The zero-order valence-electron chi connectivity index (χ0n) is 14.1. The third-order valence-corrected chi connectivity index (χ3v) is 5.38. The smallest absolute Gasteiger partial charge is 0.0278 e. The lowest BCUT2D eigenvalue weighted by atomic mass is 9.81. The van der Waals surface area contributed by atoms with Crippen molar-refractivity contribution in [3.05, 3.63) is 35.4 Å². The number of nitrogens with zero attached hydrogens (tertiary/aromatic N) is 1. The lowest BCUT2D eigenvalue weighted by Gasteiger charge is -2.51. The molecular weight excluding hydrogens is 256 g/mol. The molecular formula is C19H30N2. The van der Waals surface area contributed by atoms with Crippen LogP contribution in [0.5, 0.6) is 0 Å². The molecule has 0 spiro atoms. The zero-order chi connectivity index (χ0) is 15.1. The van der Waals surface area contributed by atoms with E-state index < -0.39 is 0 Å². The van der Waals surface area contributed by atoms with Gasteiger partial charge in [-0.2, -0.15) is 0 Å². The van der Waals surface area contributed by atoms with Crippen molar-refractivity contribution in [3.63, 3.8) is 0 Å². The third kappa shape index (κ3) is 3.17. The summed E-state index contributed by atoms with van der Waals surface area (Å²) in [5.41, 5.74) is 3.67.